The van der Waals surface area contributed by atoms with E-state index in [1.54, 1.807) is 24.0 Å². The molecule has 2 N–H and O–H groups in total. The fraction of sp³-hybridized carbons (Fsp3) is 0.579. The number of nitrogens with two attached hydrogens (primary N) is 1. The number of ether oxygens (including phenoxy) is 1. The summed E-state index contributed by atoms with van der Waals surface area (Å²) >= 11 is 0. The van der Waals surface area contributed by atoms with Crippen LogP contribution in [0.4, 0.5) is 5.69 Å². The van der Waals surface area contributed by atoms with Crippen molar-refractivity contribution in [3.8, 4) is 5.75 Å². The molecule has 1 aliphatic rings. The van der Waals surface area contributed by atoms with Gasteiger partial charge < -0.3 is 20.3 Å². The fourth-order valence-corrected chi connectivity index (χ4v) is 2.98. The average molecular weight is 384 g/mol. The van der Waals surface area contributed by atoms with Crippen molar-refractivity contribution < 1.29 is 14.3 Å². The second-order valence-corrected chi connectivity index (χ2v) is 7.06. The van der Waals surface area contributed by atoms with Crippen molar-refractivity contribution in [2.45, 2.75) is 32.7 Å². The highest BCUT2D eigenvalue weighted by molar-refractivity contribution is 6.00. The van der Waals surface area contributed by atoms with E-state index in [0.717, 1.165) is 17.9 Å². The highest BCUT2D eigenvalue weighted by Gasteiger charge is 2.36. The molecule has 7 heteroatoms. The van der Waals surface area contributed by atoms with Crippen LogP contribution >= 0.6 is 12.4 Å². The Labute approximate surface area is 162 Å². The van der Waals surface area contributed by atoms with E-state index in [4.69, 9.17) is 10.5 Å². The standard InChI is InChI=1S/C19H29N3O3.ClH/c1-13(2)17(20)9-10-21(3)19(24)14-11-18(23)22(12-14)15-5-7-16(25-4)8-6-15;/h5-8,13-14,17H,9-12,20H2,1-4H3;1H. The van der Waals surface area contributed by atoms with Crippen LogP contribution in [0.2, 0.25) is 0 Å². The molecule has 1 aromatic carbocycles. The van der Waals surface area contributed by atoms with Crippen LogP contribution in [0.25, 0.3) is 0 Å². The van der Waals surface area contributed by atoms with Crippen molar-refractivity contribution in [3.63, 3.8) is 0 Å². The van der Waals surface area contributed by atoms with Crippen LogP contribution in [0.15, 0.2) is 24.3 Å². The van der Waals surface area contributed by atoms with E-state index in [1.165, 1.54) is 0 Å². The summed E-state index contributed by atoms with van der Waals surface area (Å²) in [5.41, 5.74) is 6.85. The monoisotopic (exact) mass is 383 g/mol. The fourth-order valence-electron chi connectivity index (χ4n) is 2.98. The molecular formula is C19H30ClN3O3. The second-order valence-electron chi connectivity index (χ2n) is 7.06. The lowest BCUT2D eigenvalue weighted by atomic mass is 10.0. The molecule has 1 heterocycles. The number of carbonyl (C=O) groups excluding carboxylic acids is 2. The van der Waals surface area contributed by atoms with Gasteiger partial charge >= 0.3 is 0 Å². The van der Waals surface area contributed by atoms with Gasteiger partial charge in [0.2, 0.25) is 11.8 Å². The smallest absolute Gasteiger partial charge is 0.227 e. The minimum Gasteiger partial charge on any atom is -0.497 e. The van der Waals surface area contributed by atoms with E-state index in [9.17, 15) is 9.59 Å². The number of benzene rings is 1. The molecule has 1 saturated heterocycles. The van der Waals surface area contributed by atoms with E-state index in [1.807, 2.05) is 24.3 Å². The third-order valence-corrected chi connectivity index (χ3v) is 4.89. The van der Waals surface area contributed by atoms with E-state index >= 15 is 0 Å². The summed E-state index contributed by atoms with van der Waals surface area (Å²) in [7, 11) is 3.39. The number of anilines is 1. The molecule has 2 atom stereocenters. The summed E-state index contributed by atoms with van der Waals surface area (Å²) in [6, 6.07) is 7.40. The summed E-state index contributed by atoms with van der Waals surface area (Å²) in [6.07, 6.45) is 1.02. The van der Waals surface area contributed by atoms with Gasteiger partial charge in [0, 0.05) is 38.3 Å². The van der Waals surface area contributed by atoms with E-state index in [-0.39, 0.29) is 42.6 Å². The second kappa shape index (κ2) is 9.78. The maximum Gasteiger partial charge on any atom is 0.227 e. The van der Waals surface area contributed by atoms with Gasteiger partial charge in [-0.1, -0.05) is 13.8 Å². The van der Waals surface area contributed by atoms with Crippen molar-refractivity contribution in [2.75, 3.05) is 32.1 Å². The largest absolute Gasteiger partial charge is 0.497 e. The summed E-state index contributed by atoms with van der Waals surface area (Å²) in [5.74, 6) is 0.831. The molecule has 0 spiro atoms. The first kappa shape index (κ1) is 22.3. The molecule has 0 bridgehead atoms. The van der Waals surface area contributed by atoms with Crippen molar-refractivity contribution in [3.05, 3.63) is 24.3 Å². The minimum atomic E-state index is -0.296. The van der Waals surface area contributed by atoms with Gasteiger partial charge in [-0.15, -0.1) is 12.4 Å². The Morgan fingerprint density at radius 3 is 2.50 bits per heavy atom. The number of halogens is 1. The first-order valence-electron chi connectivity index (χ1n) is 8.78. The molecular weight excluding hydrogens is 354 g/mol. The zero-order valence-corrected chi connectivity index (χ0v) is 16.8. The quantitative estimate of drug-likeness (QED) is 0.783. The average Bonchev–Trinajstić information content (AvgIpc) is 3.00. The van der Waals surface area contributed by atoms with Crippen LogP contribution in [0.1, 0.15) is 26.7 Å². The third kappa shape index (κ3) is 5.35. The number of hydrogen-bond acceptors (Lipinski definition) is 4. The molecule has 0 aliphatic carbocycles. The van der Waals surface area contributed by atoms with Gasteiger partial charge in [-0.25, -0.2) is 0 Å². The molecule has 2 unspecified atom stereocenters. The molecule has 2 rings (SSSR count). The van der Waals surface area contributed by atoms with Gasteiger partial charge in [-0.2, -0.15) is 0 Å². The molecule has 146 valence electrons. The Kier molecular flexibility index (Phi) is 8.37. The zero-order valence-electron chi connectivity index (χ0n) is 16.0. The Bertz CT molecular complexity index is 607. The lowest BCUT2D eigenvalue weighted by Crippen LogP contribution is -2.38. The van der Waals surface area contributed by atoms with Crippen LogP contribution in [-0.2, 0) is 9.59 Å². The van der Waals surface area contributed by atoms with Crippen LogP contribution in [-0.4, -0.2) is 50.0 Å². The molecule has 26 heavy (non-hydrogen) atoms. The molecule has 0 saturated carbocycles. The first-order chi connectivity index (χ1) is 11.8. The summed E-state index contributed by atoms with van der Waals surface area (Å²) in [6.45, 7) is 5.19. The normalized spacial score (nSPS) is 17.8. The highest BCUT2D eigenvalue weighted by Crippen LogP contribution is 2.27. The van der Waals surface area contributed by atoms with E-state index in [2.05, 4.69) is 13.8 Å². The number of carbonyl (C=O) groups is 2. The lowest BCUT2D eigenvalue weighted by Gasteiger charge is -2.24. The first-order valence-corrected chi connectivity index (χ1v) is 8.78. The Morgan fingerprint density at radius 2 is 1.96 bits per heavy atom. The van der Waals surface area contributed by atoms with Crippen molar-refractivity contribution in [1.29, 1.82) is 0 Å². The number of nitrogens with zero attached hydrogens (tertiary/aromatic N) is 2. The molecule has 1 aromatic rings. The molecule has 0 aromatic heterocycles. The third-order valence-electron chi connectivity index (χ3n) is 4.89. The molecule has 1 aliphatic heterocycles. The number of methoxy groups -OCH3 is 1. The van der Waals surface area contributed by atoms with Gasteiger partial charge in [0.05, 0.1) is 13.0 Å². The molecule has 1 fully saturated rings. The van der Waals surface area contributed by atoms with E-state index < -0.39 is 0 Å². The van der Waals surface area contributed by atoms with Gasteiger partial charge in [0.15, 0.2) is 0 Å². The topological polar surface area (TPSA) is 75.9 Å². The van der Waals surface area contributed by atoms with E-state index in [0.29, 0.717) is 19.0 Å². The van der Waals surface area contributed by atoms with Crippen LogP contribution in [0.5, 0.6) is 5.75 Å². The molecule has 2 amide bonds. The Hall–Kier alpha value is -1.79. The number of rotatable bonds is 7. The predicted octanol–water partition coefficient (Wildman–Crippen LogP) is 2.30. The number of hydrogen-bond donors (Lipinski definition) is 1. The van der Waals surface area contributed by atoms with Crippen LogP contribution in [0.3, 0.4) is 0 Å². The maximum atomic E-state index is 12.6. The Balaban J connectivity index is 0.00000338. The molecule has 0 radical (unpaired) electrons. The summed E-state index contributed by atoms with van der Waals surface area (Å²) in [5, 5.41) is 0. The lowest BCUT2D eigenvalue weighted by molar-refractivity contribution is -0.134. The summed E-state index contributed by atoms with van der Waals surface area (Å²) in [4.78, 5) is 28.3. The van der Waals surface area contributed by atoms with Gasteiger partial charge in [-0.05, 0) is 36.6 Å². The number of amides is 2. The van der Waals surface area contributed by atoms with Crippen LogP contribution in [0, 0.1) is 11.8 Å². The minimum absolute atomic E-state index is 0. The van der Waals surface area contributed by atoms with Crippen LogP contribution < -0.4 is 15.4 Å². The molecule has 6 nitrogen and oxygen atoms in total. The van der Waals surface area contributed by atoms with Crippen molar-refractivity contribution >= 4 is 29.9 Å². The van der Waals surface area contributed by atoms with Gasteiger partial charge in [-0.3, -0.25) is 9.59 Å². The van der Waals surface area contributed by atoms with Crippen molar-refractivity contribution in [1.82, 2.24) is 4.90 Å². The van der Waals surface area contributed by atoms with Crippen molar-refractivity contribution in [2.24, 2.45) is 17.6 Å². The summed E-state index contributed by atoms with van der Waals surface area (Å²) < 4.78 is 5.14. The zero-order chi connectivity index (χ0) is 18.6. The highest BCUT2D eigenvalue weighted by atomic mass is 35.5. The SMILES string of the molecule is COc1ccc(N2CC(C(=O)N(C)CCC(N)C(C)C)CC2=O)cc1.Cl. The Morgan fingerprint density at radius 1 is 1.35 bits per heavy atom. The maximum absolute atomic E-state index is 12.6. The predicted molar refractivity (Wildman–Crippen MR) is 106 cm³/mol. The van der Waals surface area contributed by atoms with Gasteiger partial charge in [0.1, 0.15) is 5.75 Å². The van der Waals surface area contributed by atoms with Gasteiger partial charge in [0.25, 0.3) is 0 Å².